The van der Waals surface area contributed by atoms with Crippen molar-refractivity contribution in [2.75, 3.05) is 13.2 Å². The summed E-state index contributed by atoms with van der Waals surface area (Å²) in [5.74, 6) is 0. The van der Waals surface area contributed by atoms with E-state index in [0.29, 0.717) is 13.2 Å². The minimum Gasteiger partial charge on any atom is -0.339 e. The molecule has 0 bridgehead atoms. The van der Waals surface area contributed by atoms with Crippen molar-refractivity contribution in [2.45, 2.75) is 31.7 Å². The fourth-order valence-corrected chi connectivity index (χ4v) is 5.45. The summed E-state index contributed by atoms with van der Waals surface area (Å²) in [4.78, 5) is 0. The van der Waals surface area contributed by atoms with Crippen LogP contribution in [0.3, 0.4) is 0 Å². The second kappa shape index (κ2) is 6.45. The lowest BCUT2D eigenvalue weighted by Crippen LogP contribution is -2.25. The van der Waals surface area contributed by atoms with Crippen molar-refractivity contribution in [2.24, 2.45) is 0 Å². The molecule has 0 aromatic heterocycles. The number of hydrogen-bond donors (Lipinski definition) is 0. The van der Waals surface area contributed by atoms with Gasteiger partial charge in [-0.15, -0.1) is 0 Å². The van der Waals surface area contributed by atoms with Gasteiger partial charge in [-0.05, 0) is 31.9 Å². The van der Waals surface area contributed by atoms with Gasteiger partial charge in [0.1, 0.15) is 0 Å². The van der Waals surface area contributed by atoms with Crippen molar-refractivity contribution in [1.82, 2.24) is 0 Å². The van der Waals surface area contributed by atoms with E-state index < -0.39 is 18.5 Å². The molecule has 1 saturated heterocycles. The summed E-state index contributed by atoms with van der Waals surface area (Å²) >= 11 is 0. The first-order valence-corrected chi connectivity index (χ1v) is 9.79. The van der Waals surface area contributed by atoms with Gasteiger partial charge in [0, 0.05) is 0 Å². The van der Waals surface area contributed by atoms with Crippen molar-refractivity contribution >= 4 is 7.60 Å². The van der Waals surface area contributed by atoms with Gasteiger partial charge in [-0.25, -0.2) is 0 Å². The molecule has 0 amide bonds. The lowest BCUT2D eigenvalue weighted by Gasteiger charge is -2.25. The van der Waals surface area contributed by atoms with E-state index >= 15 is 0 Å². The third-order valence-corrected chi connectivity index (χ3v) is 7.09. The van der Waals surface area contributed by atoms with Crippen LogP contribution in [-0.2, 0) is 24.0 Å². The van der Waals surface area contributed by atoms with Gasteiger partial charge in [-0.2, -0.15) is 0 Å². The molecule has 0 radical (unpaired) electrons. The smallest absolute Gasteiger partial charge is 0.339 e. The molecule has 128 valence electrons. The minimum absolute atomic E-state index is 0.301. The van der Waals surface area contributed by atoms with E-state index in [-0.39, 0.29) is 0 Å². The first kappa shape index (κ1) is 17.4. The third kappa shape index (κ3) is 2.46. The van der Waals surface area contributed by atoms with E-state index in [4.69, 9.17) is 13.8 Å². The highest BCUT2D eigenvalue weighted by molar-refractivity contribution is 7.55. The quantitative estimate of drug-likeness (QED) is 0.526. The molecule has 1 atom stereocenters. The molecular formula is C19H23O4P. The Hall–Kier alpha value is -1.45. The van der Waals surface area contributed by atoms with Gasteiger partial charge in [-0.3, -0.25) is 4.57 Å². The van der Waals surface area contributed by atoms with E-state index in [1.54, 1.807) is 0 Å². The highest BCUT2D eigenvalue weighted by atomic mass is 31.2. The molecule has 1 fully saturated rings. The van der Waals surface area contributed by atoms with Crippen molar-refractivity contribution < 1.29 is 18.3 Å². The third-order valence-electron chi connectivity index (χ3n) is 4.44. The molecule has 0 N–H and O–H groups in total. The molecule has 1 unspecified atom stereocenters. The Bertz CT molecular complexity index is 682. The van der Waals surface area contributed by atoms with E-state index in [1.807, 2.05) is 81.4 Å². The Morgan fingerprint density at radius 1 is 0.875 bits per heavy atom. The van der Waals surface area contributed by atoms with Gasteiger partial charge < -0.3 is 13.8 Å². The van der Waals surface area contributed by atoms with E-state index in [2.05, 4.69) is 0 Å². The van der Waals surface area contributed by atoms with Gasteiger partial charge in [0.25, 0.3) is 0 Å². The van der Waals surface area contributed by atoms with Crippen molar-refractivity contribution in [3.05, 3.63) is 71.8 Å². The van der Waals surface area contributed by atoms with E-state index in [9.17, 15) is 4.57 Å². The zero-order valence-corrected chi connectivity index (χ0v) is 15.2. The average Bonchev–Trinajstić information content (AvgIpc) is 3.26. The molecule has 3 rings (SSSR count). The molecule has 0 spiro atoms. The predicted molar refractivity (Wildman–Crippen MR) is 94.0 cm³/mol. The normalized spacial score (nSPS) is 22.3. The number of epoxide rings is 1. The molecule has 24 heavy (non-hydrogen) atoms. The van der Waals surface area contributed by atoms with Crippen LogP contribution in [0.1, 0.15) is 31.9 Å². The Balaban J connectivity index is 2.15. The second-order valence-corrected chi connectivity index (χ2v) is 8.20. The monoisotopic (exact) mass is 346 g/mol. The van der Waals surface area contributed by atoms with Crippen molar-refractivity contribution in [3.8, 4) is 0 Å². The number of rotatable bonds is 7. The van der Waals surface area contributed by atoms with Crippen LogP contribution in [0.2, 0.25) is 0 Å². The zero-order chi connectivity index (χ0) is 17.3. The lowest BCUT2D eigenvalue weighted by atomic mass is 9.88. The summed E-state index contributed by atoms with van der Waals surface area (Å²) in [6.45, 7) is 6.04. The lowest BCUT2D eigenvalue weighted by molar-refractivity contribution is 0.191. The van der Waals surface area contributed by atoms with Crippen molar-refractivity contribution in [3.63, 3.8) is 0 Å². The molecule has 0 aliphatic carbocycles. The van der Waals surface area contributed by atoms with Crippen LogP contribution < -0.4 is 0 Å². The zero-order valence-electron chi connectivity index (χ0n) is 14.3. The Kier molecular flexibility index (Phi) is 4.67. The standard InChI is InChI=1S/C19H23O4P/c1-4-21-24(20,22-5-2)18(3)19(23-18,16-12-8-6-9-13-16)17-14-10-7-11-15-17/h6-15H,4-5H2,1-3H3. The van der Waals surface area contributed by atoms with Gasteiger partial charge in [-0.1, -0.05) is 60.7 Å². The fourth-order valence-electron chi connectivity index (χ4n) is 3.31. The molecule has 4 nitrogen and oxygen atoms in total. The highest BCUT2D eigenvalue weighted by Crippen LogP contribution is 2.79. The first-order chi connectivity index (χ1) is 11.5. The molecule has 0 saturated carbocycles. The number of hydrogen-bond acceptors (Lipinski definition) is 4. The molecular weight excluding hydrogens is 323 g/mol. The van der Waals surface area contributed by atoms with Crippen LogP contribution in [0, 0.1) is 0 Å². The molecule has 1 aliphatic rings. The first-order valence-electron chi connectivity index (χ1n) is 8.24. The molecule has 5 heteroatoms. The van der Waals surface area contributed by atoms with Gasteiger partial charge in [0.15, 0.2) is 5.60 Å². The number of ether oxygens (including phenoxy) is 1. The van der Waals surface area contributed by atoms with Gasteiger partial charge >= 0.3 is 7.60 Å². The Morgan fingerprint density at radius 3 is 1.67 bits per heavy atom. The summed E-state index contributed by atoms with van der Waals surface area (Å²) in [6.07, 6.45) is 0. The minimum atomic E-state index is -3.47. The maximum Gasteiger partial charge on any atom is 0.365 e. The van der Waals surface area contributed by atoms with Gasteiger partial charge in [0.05, 0.1) is 13.2 Å². The Labute approximate surface area is 143 Å². The fraction of sp³-hybridized carbons (Fsp3) is 0.368. The maximum atomic E-state index is 13.5. The summed E-state index contributed by atoms with van der Waals surface area (Å²) in [5.41, 5.74) is 1.05. The molecule has 2 aromatic rings. The Morgan fingerprint density at radius 2 is 1.29 bits per heavy atom. The van der Waals surface area contributed by atoms with Crippen molar-refractivity contribution in [1.29, 1.82) is 0 Å². The molecule has 1 aliphatic heterocycles. The molecule has 1 heterocycles. The van der Waals surface area contributed by atoms with Gasteiger partial charge in [0.2, 0.25) is 5.34 Å². The summed E-state index contributed by atoms with van der Waals surface area (Å²) in [6, 6.07) is 19.7. The van der Waals surface area contributed by atoms with E-state index in [0.717, 1.165) is 11.1 Å². The summed E-state index contributed by atoms with van der Waals surface area (Å²) in [7, 11) is -3.47. The average molecular weight is 346 g/mol. The van der Waals surface area contributed by atoms with E-state index in [1.165, 1.54) is 0 Å². The molecule has 2 aromatic carbocycles. The largest absolute Gasteiger partial charge is 0.365 e. The predicted octanol–water partition coefficient (Wildman–Crippen LogP) is 4.94. The second-order valence-electron chi connectivity index (χ2n) is 5.83. The summed E-state index contributed by atoms with van der Waals surface area (Å²) in [5, 5.41) is -1.06. The highest BCUT2D eigenvalue weighted by Gasteiger charge is 2.79. The SMILES string of the molecule is CCOP(=O)(OCC)C1(C)OC1(c1ccccc1)c1ccccc1. The topological polar surface area (TPSA) is 48.1 Å². The van der Waals surface area contributed by atoms with Crippen LogP contribution in [-0.4, -0.2) is 18.6 Å². The van der Waals surface area contributed by atoms with Crippen LogP contribution in [0.25, 0.3) is 0 Å². The maximum absolute atomic E-state index is 13.5. The number of benzene rings is 2. The summed E-state index contributed by atoms with van der Waals surface area (Å²) < 4.78 is 30.9. The van der Waals surface area contributed by atoms with Crippen LogP contribution in [0.5, 0.6) is 0 Å². The van der Waals surface area contributed by atoms with Crippen LogP contribution in [0.4, 0.5) is 0 Å². The van der Waals surface area contributed by atoms with Crippen LogP contribution in [0.15, 0.2) is 60.7 Å². The van der Waals surface area contributed by atoms with Crippen LogP contribution >= 0.6 is 7.60 Å².